The number of allylic oxidation sites excluding steroid dienone is 2. The molecule has 0 aromatic carbocycles. The number of hydrogen-bond acceptors (Lipinski definition) is 2. The maximum atomic E-state index is 9.13. The van der Waals surface area contributed by atoms with Gasteiger partial charge in [0.2, 0.25) is 0 Å². The van der Waals surface area contributed by atoms with E-state index >= 15 is 0 Å². The van der Waals surface area contributed by atoms with E-state index in [1.807, 2.05) is 18.2 Å². The summed E-state index contributed by atoms with van der Waals surface area (Å²) in [5, 5.41) is 9.13. The monoisotopic (exact) mass is 242 g/mol. The van der Waals surface area contributed by atoms with Gasteiger partial charge in [0, 0.05) is 18.3 Å². The van der Waals surface area contributed by atoms with Gasteiger partial charge in [-0.2, -0.15) is 5.26 Å². The summed E-state index contributed by atoms with van der Waals surface area (Å²) in [6, 6.07) is 8.24. The summed E-state index contributed by atoms with van der Waals surface area (Å²) in [6.45, 7) is 2.20. The van der Waals surface area contributed by atoms with Crippen LogP contribution in [-0.2, 0) is 6.42 Å². The fourth-order valence-electron chi connectivity index (χ4n) is 1.84. The first-order valence-corrected chi connectivity index (χ1v) is 6.81. The molecule has 2 nitrogen and oxygen atoms in total. The molecule has 0 aliphatic rings. The molecule has 1 unspecified atom stereocenters. The second kappa shape index (κ2) is 9.41. The summed E-state index contributed by atoms with van der Waals surface area (Å²) in [5.41, 5.74) is 1.01. The van der Waals surface area contributed by atoms with Crippen LogP contribution in [0.15, 0.2) is 36.5 Å². The Morgan fingerprint density at radius 1 is 1.33 bits per heavy atom. The first-order valence-electron chi connectivity index (χ1n) is 6.81. The minimum absolute atomic E-state index is 0.0794. The molecule has 0 saturated heterocycles. The molecule has 0 bridgehead atoms. The van der Waals surface area contributed by atoms with Crippen molar-refractivity contribution in [3.63, 3.8) is 0 Å². The summed E-state index contributed by atoms with van der Waals surface area (Å²) >= 11 is 0. The second-order valence-electron chi connectivity index (χ2n) is 4.54. The van der Waals surface area contributed by atoms with Gasteiger partial charge >= 0.3 is 0 Å². The lowest BCUT2D eigenvalue weighted by atomic mass is 9.98. The fraction of sp³-hybridized carbons (Fsp3) is 0.500. The highest BCUT2D eigenvalue weighted by Crippen LogP contribution is 2.12. The predicted molar refractivity (Wildman–Crippen MR) is 74.9 cm³/mol. The van der Waals surface area contributed by atoms with E-state index in [4.69, 9.17) is 5.26 Å². The van der Waals surface area contributed by atoms with Gasteiger partial charge in [-0.15, -0.1) is 0 Å². The fourth-order valence-corrected chi connectivity index (χ4v) is 1.84. The van der Waals surface area contributed by atoms with E-state index in [9.17, 15) is 0 Å². The number of rotatable bonds is 8. The molecule has 1 atom stereocenters. The number of hydrogen-bond donors (Lipinski definition) is 0. The lowest BCUT2D eigenvalue weighted by molar-refractivity contribution is 0.598. The van der Waals surface area contributed by atoms with Gasteiger partial charge in [0.05, 0.1) is 12.0 Å². The molecular formula is C16H22N2. The molecule has 0 aliphatic carbocycles. The van der Waals surface area contributed by atoms with E-state index in [0.29, 0.717) is 0 Å². The van der Waals surface area contributed by atoms with E-state index in [2.05, 4.69) is 30.1 Å². The van der Waals surface area contributed by atoms with Gasteiger partial charge in [-0.05, 0) is 31.4 Å². The van der Waals surface area contributed by atoms with Crippen LogP contribution in [0.25, 0.3) is 0 Å². The van der Waals surface area contributed by atoms with Crippen LogP contribution < -0.4 is 0 Å². The lowest BCUT2D eigenvalue weighted by Crippen LogP contribution is -2.02. The van der Waals surface area contributed by atoms with Crippen LogP contribution in [-0.4, -0.2) is 4.98 Å². The van der Waals surface area contributed by atoms with Gasteiger partial charge < -0.3 is 0 Å². The quantitative estimate of drug-likeness (QED) is 0.503. The van der Waals surface area contributed by atoms with Crippen molar-refractivity contribution in [3.8, 4) is 6.07 Å². The second-order valence-corrected chi connectivity index (χ2v) is 4.54. The number of pyridine rings is 1. The summed E-state index contributed by atoms with van der Waals surface area (Å²) < 4.78 is 0. The van der Waals surface area contributed by atoms with Crippen molar-refractivity contribution in [2.45, 2.75) is 45.4 Å². The molecule has 18 heavy (non-hydrogen) atoms. The van der Waals surface area contributed by atoms with Crippen LogP contribution in [0.3, 0.4) is 0 Å². The lowest BCUT2D eigenvalue weighted by Gasteiger charge is -2.06. The SMILES string of the molecule is CCCCC=CCCC(C#N)Cc1ccccn1. The third-order valence-corrected chi connectivity index (χ3v) is 2.94. The highest BCUT2D eigenvalue weighted by atomic mass is 14.7. The minimum Gasteiger partial charge on any atom is -0.261 e. The van der Waals surface area contributed by atoms with Crippen LogP contribution in [0.5, 0.6) is 0 Å². The molecule has 0 radical (unpaired) electrons. The third-order valence-electron chi connectivity index (χ3n) is 2.94. The van der Waals surface area contributed by atoms with Crippen molar-refractivity contribution >= 4 is 0 Å². The molecule has 0 saturated carbocycles. The van der Waals surface area contributed by atoms with Gasteiger partial charge in [0.15, 0.2) is 0 Å². The standard InChI is InChI=1S/C16H22N2/c1-2-3-4-5-6-7-10-15(14-17)13-16-11-8-9-12-18-16/h5-6,8-9,11-12,15H,2-4,7,10,13H2,1H3. The molecule has 2 heteroatoms. The molecule has 1 rings (SSSR count). The maximum absolute atomic E-state index is 9.13. The normalized spacial score (nSPS) is 12.4. The van der Waals surface area contributed by atoms with Crippen molar-refractivity contribution in [2.24, 2.45) is 5.92 Å². The molecule has 0 spiro atoms. The van der Waals surface area contributed by atoms with Crippen molar-refractivity contribution in [3.05, 3.63) is 42.2 Å². The minimum atomic E-state index is 0.0794. The Labute approximate surface area is 110 Å². The van der Waals surface area contributed by atoms with E-state index in [1.54, 1.807) is 6.20 Å². The Morgan fingerprint density at radius 2 is 2.17 bits per heavy atom. The zero-order chi connectivity index (χ0) is 13.1. The number of unbranched alkanes of at least 4 members (excludes halogenated alkanes) is 2. The van der Waals surface area contributed by atoms with E-state index in [0.717, 1.165) is 31.4 Å². The molecule has 1 heterocycles. The van der Waals surface area contributed by atoms with E-state index in [1.165, 1.54) is 12.8 Å². The average molecular weight is 242 g/mol. The molecule has 96 valence electrons. The number of nitrogens with zero attached hydrogens (tertiary/aromatic N) is 2. The van der Waals surface area contributed by atoms with Gasteiger partial charge in [0.25, 0.3) is 0 Å². The molecule has 0 aliphatic heterocycles. The maximum Gasteiger partial charge on any atom is 0.0659 e. The first-order chi connectivity index (χ1) is 8.86. The van der Waals surface area contributed by atoms with Crippen LogP contribution >= 0.6 is 0 Å². The highest BCUT2D eigenvalue weighted by Gasteiger charge is 2.07. The van der Waals surface area contributed by atoms with Gasteiger partial charge in [-0.3, -0.25) is 4.98 Å². The molecule has 0 N–H and O–H groups in total. The molecular weight excluding hydrogens is 220 g/mol. The van der Waals surface area contributed by atoms with E-state index < -0.39 is 0 Å². The topological polar surface area (TPSA) is 36.7 Å². The largest absolute Gasteiger partial charge is 0.261 e. The highest BCUT2D eigenvalue weighted by molar-refractivity contribution is 5.06. The summed E-state index contributed by atoms with van der Waals surface area (Å²) in [6.07, 6.45) is 12.6. The van der Waals surface area contributed by atoms with Crippen molar-refractivity contribution < 1.29 is 0 Å². The van der Waals surface area contributed by atoms with Gasteiger partial charge in [-0.1, -0.05) is 38.0 Å². The van der Waals surface area contributed by atoms with Crippen LogP contribution in [0.2, 0.25) is 0 Å². The first kappa shape index (κ1) is 14.4. The molecule has 0 fully saturated rings. The molecule has 1 aromatic heterocycles. The smallest absolute Gasteiger partial charge is 0.0659 e. The van der Waals surface area contributed by atoms with Crippen molar-refractivity contribution in [1.82, 2.24) is 4.98 Å². The Bertz CT molecular complexity index is 376. The zero-order valence-corrected chi connectivity index (χ0v) is 11.2. The number of nitriles is 1. The Hall–Kier alpha value is -1.62. The van der Waals surface area contributed by atoms with Gasteiger partial charge in [-0.25, -0.2) is 0 Å². The van der Waals surface area contributed by atoms with Crippen LogP contribution in [0, 0.1) is 17.2 Å². The van der Waals surface area contributed by atoms with Gasteiger partial charge in [0.1, 0.15) is 0 Å². The Kier molecular flexibility index (Phi) is 7.55. The molecule has 0 amide bonds. The summed E-state index contributed by atoms with van der Waals surface area (Å²) in [5.74, 6) is 0.0794. The Morgan fingerprint density at radius 3 is 2.83 bits per heavy atom. The summed E-state index contributed by atoms with van der Waals surface area (Å²) in [7, 11) is 0. The summed E-state index contributed by atoms with van der Waals surface area (Å²) in [4.78, 5) is 4.27. The van der Waals surface area contributed by atoms with Crippen molar-refractivity contribution in [2.75, 3.05) is 0 Å². The molecule has 1 aromatic rings. The van der Waals surface area contributed by atoms with Crippen molar-refractivity contribution in [1.29, 1.82) is 5.26 Å². The Balaban J connectivity index is 2.26. The predicted octanol–water partition coefficient (Wildman–Crippen LogP) is 4.29. The van der Waals surface area contributed by atoms with Crippen LogP contribution in [0.4, 0.5) is 0 Å². The third kappa shape index (κ3) is 6.20. The number of aromatic nitrogens is 1. The van der Waals surface area contributed by atoms with Crippen LogP contribution in [0.1, 0.15) is 44.7 Å². The zero-order valence-electron chi connectivity index (χ0n) is 11.2. The van der Waals surface area contributed by atoms with E-state index in [-0.39, 0.29) is 5.92 Å². The average Bonchev–Trinajstić information content (AvgIpc) is 2.42.